The first kappa shape index (κ1) is 19.8. The molecule has 0 atom stereocenters. The van der Waals surface area contributed by atoms with E-state index in [2.05, 4.69) is 45.4 Å². The summed E-state index contributed by atoms with van der Waals surface area (Å²) in [5, 5.41) is 12.2. The number of anilines is 1. The SMILES string of the molecule is CC(C)(c1ccc(Br)cc1)c1csc(NC(=O)NCCS(N)(=O)=O)n1. The van der Waals surface area contributed by atoms with Gasteiger partial charge in [0, 0.05) is 21.8 Å². The largest absolute Gasteiger partial charge is 0.337 e. The monoisotopic (exact) mass is 446 g/mol. The van der Waals surface area contributed by atoms with Crippen molar-refractivity contribution < 1.29 is 13.2 Å². The number of nitrogens with zero attached hydrogens (tertiary/aromatic N) is 1. The molecule has 7 nitrogen and oxygen atoms in total. The van der Waals surface area contributed by atoms with Crippen LogP contribution in [0.4, 0.5) is 9.93 Å². The molecule has 0 saturated heterocycles. The second-order valence-electron chi connectivity index (χ2n) is 5.92. The maximum Gasteiger partial charge on any atom is 0.321 e. The van der Waals surface area contributed by atoms with Crippen LogP contribution in [0.3, 0.4) is 0 Å². The third-order valence-corrected chi connectivity index (χ3v) is 5.66. The van der Waals surface area contributed by atoms with Gasteiger partial charge in [0.1, 0.15) is 0 Å². The average Bonchev–Trinajstić information content (AvgIpc) is 2.95. The lowest BCUT2D eigenvalue weighted by atomic mass is 9.82. The number of thiazole rings is 1. The minimum Gasteiger partial charge on any atom is -0.337 e. The first-order chi connectivity index (χ1) is 11.6. The van der Waals surface area contributed by atoms with E-state index in [1.807, 2.05) is 29.6 Å². The number of carbonyl (C=O) groups excluding carboxylic acids is 1. The normalized spacial score (nSPS) is 12.0. The molecule has 0 saturated carbocycles. The summed E-state index contributed by atoms with van der Waals surface area (Å²) in [6.07, 6.45) is 0. The van der Waals surface area contributed by atoms with Crippen LogP contribution in [0.15, 0.2) is 34.1 Å². The third kappa shape index (κ3) is 5.77. The second kappa shape index (κ2) is 7.81. The quantitative estimate of drug-likeness (QED) is 0.632. The molecule has 1 heterocycles. The Hall–Kier alpha value is -1.49. The standard InChI is InChI=1S/C15H19BrN4O3S2/c1-15(2,10-3-5-11(16)6-4-10)12-9-24-14(19-12)20-13(21)18-7-8-25(17,22)23/h3-6,9H,7-8H2,1-2H3,(H2,17,22,23)(H2,18,19,20,21). The molecule has 0 fully saturated rings. The van der Waals surface area contributed by atoms with Crippen LogP contribution in [0.2, 0.25) is 0 Å². The lowest BCUT2D eigenvalue weighted by Crippen LogP contribution is -2.34. The summed E-state index contributed by atoms with van der Waals surface area (Å²) in [7, 11) is -3.60. The highest BCUT2D eigenvalue weighted by molar-refractivity contribution is 9.10. The number of nitrogens with one attached hydrogen (secondary N) is 2. The van der Waals surface area contributed by atoms with E-state index in [1.54, 1.807) is 0 Å². The number of amides is 2. The molecule has 2 aromatic rings. The van der Waals surface area contributed by atoms with Gasteiger partial charge in [-0.3, -0.25) is 5.32 Å². The molecule has 10 heteroatoms. The summed E-state index contributed by atoms with van der Waals surface area (Å²) < 4.78 is 22.7. The number of hydrogen-bond donors (Lipinski definition) is 3. The number of primary sulfonamides is 1. The third-order valence-electron chi connectivity index (χ3n) is 3.60. The van der Waals surface area contributed by atoms with E-state index < -0.39 is 16.1 Å². The lowest BCUT2D eigenvalue weighted by Gasteiger charge is -2.23. The van der Waals surface area contributed by atoms with Crippen molar-refractivity contribution >= 4 is 48.5 Å². The van der Waals surface area contributed by atoms with Gasteiger partial charge in [-0.25, -0.2) is 23.3 Å². The molecule has 0 aliphatic carbocycles. The summed E-state index contributed by atoms with van der Waals surface area (Å²) in [5.41, 5.74) is 1.62. The number of benzene rings is 1. The molecular formula is C15H19BrN4O3S2. The number of halogens is 1. The maximum atomic E-state index is 11.8. The van der Waals surface area contributed by atoms with Crippen molar-refractivity contribution in [3.63, 3.8) is 0 Å². The molecule has 0 spiro atoms. The zero-order chi connectivity index (χ0) is 18.7. The van der Waals surface area contributed by atoms with Gasteiger partial charge in [-0.2, -0.15) is 0 Å². The molecular weight excluding hydrogens is 428 g/mol. The van der Waals surface area contributed by atoms with Crippen LogP contribution in [-0.4, -0.2) is 31.7 Å². The molecule has 25 heavy (non-hydrogen) atoms. The van der Waals surface area contributed by atoms with Crippen LogP contribution in [-0.2, 0) is 15.4 Å². The van der Waals surface area contributed by atoms with Gasteiger partial charge in [-0.1, -0.05) is 41.9 Å². The molecule has 0 bridgehead atoms. The molecule has 0 radical (unpaired) electrons. The Morgan fingerprint density at radius 2 is 1.96 bits per heavy atom. The van der Waals surface area contributed by atoms with E-state index in [4.69, 9.17) is 5.14 Å². The molecule has 136 valence electrons. The maximum absolute atomic E-state index is 11.8. The van der Waals surface area contributed by atoms with Gasteiger partial charge in [0.2, 0.25) is 10.0 Å². The lowest BCUT2D eigenvalue weighted by molar-refractivity contribution is 0.252. The van der Waals surface area contributed by atoms with Gasteiger partial charge in [-0.15, -0.1) is 11.3 Å². The van der Waals surface area contributed by atoms with Crippen molar-refractivity contribution in [2.75, 3.05) is 17.6 Å². The number of urea groups is 1. The van der Waals surface area contributed by atoms with Crippen molar-refractivity contribution in [1.29, 1.82) is 0 Å². The second-order valence-corrected chi connectivity index (χ2v) is 9.43. The zero-order valence-corrected chi connectivity index (χ0v) is 17.0. The summed E-state index contributed by atoms with van der Waals surface area (Å²) >= 11 is 4.73. The van der Waals surface area contributed by atoms with Crippen LogP contribution in [0.5, 0.6) is 0 Å². The Kier molecular flexibility index (Phi) is 6.20. The molecule has 0 aliphatic rings. The molecule has 0 aliphatic heterocycles. The van der Waals surface area contributed by atoms with Crippen molar-refractivity contribution in [3.8, 4) is 0 Å². The number of rotatable bonds is 6. The zero-order valence-electron chi connectivity index (χ0n) is 13.7. The van der Waals surface area contributed by atoms with E-state index in [9.17, 15) is 13.2 Å². The number of aromatic nitrogens is 1. The summed E-state index contributed by atoms with van der Waals surface area (Å²) in [6.45, 7) is 4.05. The smallest absolute Gasteiger partial charge is 0.321 e. The van der Waals surface area contributed by atoms with Crippen LogP contribution in [0, 0.1) is 0 Å². The van der Waals surface area contributed by atoms with E-state index >= 15 is 0 Å². The van der Waals surface area contributed by atoms with Gasteiger partial charge < -0.3 is 5.32 Å². The fourth-order valence-corrected chi connectivity index (χ4v) is 3.60. The van der Waals surface area contributed by atoms with E-state index in [0.717, 1.165) is 15.7 Å². The first-order valence-electron chi connectivity index (χ1n) is 7.35. The van der Waals surface area contributed by atoms with Crippen molar-refractivity contribution in [2.24, 2.45) is 5.14 Å². The fraction of sp³-hybridized carbons (Fsp3) is 0.333. The molecule has 0 unspecified atom stereocenters. The number of sulfonamides is 1. The van der Waals surface area contributed by atoms with Gasteiger partial charge in [0.25, 0.3) is 0 Å². The highest BCUT2D eigenvalue weighted by atomic mass is 79.9. The predicted molar refractivity (Wildman–Crippen MR) is 103 cm³/mol. The number of carbonyl (C=O) groups is 1. The average molecular weight is 447 g/mol. The Labute approximate surface area is 159 Å². The van der Waals surface area contributed by atoms with Crippen LogP contribution in [0.1, 0.15) is 25.1 Å². The van der Waals surface area contributed by atoms with Crippen molar-refractivity contribution in [2.45, 2.75) is 19.3 Å². The number of hydrogen-bond acceptors (Lipinski definition) is 5. The fourth-order valence-electron chi connectivity index (χ4n) is 2.08. The van der Waals surface area contributed by atoms with Gasteiger partial charge >= 0.3 is 6.03 Å². The topological polar surface area (TPSA) is 114 Å². The molecule has 4 N–H and O–H groups in total. The highest BCUT2D eigenvalue weighted by Crippen LogP contribution is 2.33. The van der Waals surface area contributed by atoms with E-state index in [0.29, 0.717) is 5.13 Å². The number of nitrogens with two attached hydrogens (primary N) is 1. The molecule has 2 rings (SSSR count). The predicted octanol–water partition coefficient (Wildman–Crippen LogP) is 2.64. The van der Waals surface area contributed by atoms with E-state index in [-0.39, 0.29) is 17.7 Å². The Bertz CT molecular complexity index is 848. The summed E-state index contributed by atoms with van der Waals surface area (Å²) in [4.78, 5) is 16.2. The minimum atomic E-state index is -3.60. The molecule has 1 aromatic carbocycles. The Balaban J connectivity index is 2.01. The Morgan fingerprint density at radius 3 is 2.56 bits per heavy atom. The molecule has 1 aromatic heterocycles. The molecule has 2 amide bonds. The summed E-state index contributed by atoms with van der Waals surface area (Å²) in [6, 6.07) is 7.47. The van der Waals surface area contributed by atoms with Crippen LogP contribution < -0.4 is 15.8 Å². The van der Waals surface area contributed by atoms with Gasteiger partial charge in [0.15, 0.2) is 5.13 Å². The van der Waals surface area contributed by atoms with Gasteiger partial charge in [0.05, 0.1) is 11.4 Å². The van der Waals surface area contributed by atoms with E-state index in [1.165, 1.54) is 11.3 Å². The van der Waals surface area contributed by atoms with Crippen molar-refractivity contribution in [1.82, 2.24) is 10.3 Å². The first-order valence-corrected chi connectivity index (χ1v) is 10.7. The summed E-state index contributed by atoms with van der Waals surface area (Å²) in [5.74, 6) is -0.319. The van der Waals surface area contributed by atoms with Gasteiger partial charge in [-0.05, 0) is 17.7 Å². The van der Waals surface area contributed by atoms with Crippen LogP contribution in [0.25, 0.3) is 0 Å². The highest BCUT2D eigenvalue weighted by Gasteiger charge is 2.26. The minimum absolute atomic E-state index is 0.0622. The Morgan fingerprint density at radius 1 is 1.32 bits per heavy atom. The van der Waals surface area contributed by atoms with Crippen LogP contribution >= 0.6 is 27.3 Å². The van der Waals surface area contributed by atoms with Crippen molar-refractivity contribution in [3.05, 3.63) is 45.4 Å².